The Morgan fingerprint density at radius 1 is 0.964 bits per heavy atom. The number of aliphatic hydroxyl groups excluding tert-OH is 4. The minimum absolute atomic E-state index is 0.558. The molecule has 3 rings (SSSR count). The average molecular weight is 390 g/mol. The van der Waals surface area contributed by atoms with Crippen molar-refractivity contribution >= 4 is 0 Å². The van der Waals surface area contributed by atoms with Gasteiger partial charge in [0.1, 0.15) is 36.3 Å². The molecule has 28 heavy (non-hydrogen) atoms. The summed E-state index contributed by atoms with van der Waals surface area (Å²) in [5.41, 5.74) is 1.85. The van der Waals surface area contributed by atoms with Crippen LogP contribution in [0, 0.1) is 0 Å². The predicted molar refractivity (Wildman–Crippen MR) is 101 cm³/mol. The summed E-state index contributed by atoms with van der Waals surface area (Å²) >= 11 is 0. The van der Waals surface area contributed by atoms with E-state index in [2.05, 4.69) is 0 Å². The van der Waals surface area contributed by atoms with Crippen molar-refractivity contribution in [2.75, 3.05) is 13.7 Å². The van der Waals surface area contributed by atoms with E-state index in [-0.39, 0.29) is 0 Å². The van der Waals surface area contributed by atoms with Crippen molar-refractivity contribution in [3.8, 4) is 5.75 Å². The molecule has 152 valence electrons. The van der Waals surface area contributed by atoms with Crippen LogP contribution >= 0.6 is 0 Å². The van der Waals surface area contributed by atoms with Gasteiger partial charge < -0.3 is 34.6 Å². The van der Waals surface area contributed by atoms with Crippen molar-refractivity contribution < 1.29 is 34.6 Å². The molecule has 1 aliphatic heterocycles. The zero-order valence-corrected chi connectivity index (χ0v) is 15.8. The van der Waals surface area contributed by atoms with Crippen molar-refractivity contribution in [2.24, 2.45) is 0 Å². The number of aliphatic hydroxyl groups is 4. The number of methoxy groups -OCH3 is 1. The number of hydrogen-bond acceptors (Lipinski definition) is 7. The summed E-state index contributed by atoms with van der Waals surface area (Å²) in [5, 5.41) is 41.1. The molecule has 1 unspecified atom stereocenters. The summed E-state index contributed by atoms with van der Waals surface area (Å²) < 4.78 is 16.1. The Hall–Kier alpha value is -2.00. The molecule has 0 spiro atoms. The van der Waals surface area contributed by atoms with Crippen LogP contribution in [0.4, 0.5) is 0 Å². The van der Waals surface area contributed by atoms with E-state index in [0.717, 1.165) is 5.75 Å². The van der Waals surface area contributed by atoms with Gasteiger partial charge in [-0.1, -0.05) is 36.4 Å². The van der Waals surface area contributed by atoms with Gasteiger partial charge in [0.05, 0.1) is 6.61 Å². The lowest BCUT2D eigenvalue weighted by molar-refractivity contribution is -0.292. The third-order valence-corrected chi connectivity index (χ3v) is 4.86. The van der Waals surface area contributed by atoms with Crippen LogP contribution in [0.1, 0.15) is 35.8 Å². The van der Waals surface area contributed by atoms with Gasteiger partial charge in [-0.15, -0.1) is 0 Å². The first-order valence-electron chi connectivity index (χ1n) is 9.19. The van der Waals surface area contributed by atoms with Crippen molar-refractivity contribution in [3.63, 3.8) is 0 Å². The van der Waals surface area contributed by atoms with Crippen molar-refractivity contribution in [3.05, 3.63) is 65.2 Å². The number of rotatable bonds is 6. The van der Waals surface area contributed by atoms with E-state index in [4.69, 9.17) is 14.2 Å². The maximum absolute atomic E-state index is 10.7. The van der Waals surface area contributed by atoms with Gasteiger partial charge in [-0.3, -0.25) is 0 Å². The van der Waals surface area contributed by atoms with Gasteiger partial charge in [-0.2, -0.15) is 0 Å². The van der Waals surface area contributed by atoms with Crippen molar-refractivity contribution in [1.82, 2.24) is 0 Å². The summed E-state index contributed by atoms with van der Waals surface area (Å²) in [6.45, 7) is 2.47. The monoisotopic (exact) mass is 390 g/mol. The van der Waals surface area contributed by atoms with Gasteiger partial charge in [-0.05, 0) is 35.7 Å². The number of benzene rings is 2. The molecule has 4 N–H and O–H groups in total. The molecule has 2 aromatic carbocycles. The standard InChI is InChI=1S/C21H26O7/c1-3-27-15-9-7-12(8-10-15)16(22)13-5-4-6-14(11-13)20-18(24)17(23)19(25)21(26-2)28-20/h4-11,16-25H,3H2,1-2H3/t16?,17-,18-,19+,20+,21+/m1/s1. The number of hydrogen-bond donors (Lipinski definition) is 4. The highest BCUT2D eigenvalue weighted by molar-refractivity contribution is 5.36. The van der Waals surface area contributed by atoms with Crippen LogP contribution in [0.2, 0.25) is 0 Å². The molecule has 1 saturated heterocycles. The van der Waals surface area contributed by atoms with E-state index in [0.29, 0.717) is 23.3 Å². The second-order valence-corrected chi connectivity index (χ2v) is 6.71. The Bertz CT molecular complexity index is 762. The van der Waals surface area contributed by atoms with Gasteiger partial charge in [0.2, 0.25) is 0 Å². The first-order valence-corrected chi connectivity index (χ1v) is 9.19. The third-order valence-electron chi connectivity index (χ3n) is 4.86. The van der Waals surface area contributed by atoms with E-state index >= 15 is 0 Å². The molecule has 0 saturated carbocycles. The maximum Gasteiger partial charge on any atom is 0.186 e. The SMILES string of the molecule is CCOc1ccc(C(O)c2cccc([C@@H]3O[C@H](OC)[C@@H](O)[C@H](O)[C@H]3O)c2)cc1. The van der Waals surface area contributed by atoms with Crippen LogP contribution in [0.3, 0.4) is 0 Å². The summed E-state index contributed by atoms with van der Waals surface area (Å²) in [6, 6.07) is 14.1. The fraction of sp³-hybridized carbons (Fsp3) is 0.429. The second kappa shape index (κ2) is 9.00. The first kappa shape index (κ1) is 20.7. The van der Waals surface area contributed by atoms with Crippen LogP contribution in [0.25, 0.3) is 0 Å². The largest absolute Gasteiger partial charge is 0.494 e. The van der Waals surface area contributed by atoms with Crippen LogP contribution in [-0.4, -0.2) is 58.7 Å². The van der Waals surface area contributed by atoms with E-state index in [1.54, 1.807) is 48.5 Å². The van der Waals surface area contributed by atoms with Gasteiger partial charge in [0.25, 0.3) is 0 Å². The number of ether oxygens (including phenoxy) is 3. The molecule has 0 amide bonds. The van der Waals surface area contributed by atoms with Gasteiger partial charge in [0.15, 0.2) is 6.29 Å². The van der Waals surface area contributed by atoms with Gasteiger partial charge >= 0.3 is 0 Å². The molecule has 7 heteroatoms. The smallest absolute Gasteiger partial charge is 0.186 e. The molecule has 0 radical (unpaired) electrons. The Kier molecular flexibility index (Phi) is 6.66. The van der Waals surface area contributed by atoms with Crippen LogP contribution in [0.15, 0.2) is 48.5 Å². The molecule has 1 fully saturated rings. The molecule has 0 aliphatic carbocycles. The quantitative estimate of drug-likeness (QED) is 0.589. The molecule has 1 heterocycles. The second-order valence-electron chi connectivity index (χ2n) is 6.71. The van der Waals surface area contributed by atoms with E-state index in [1.807, 2.05) is 6.92 Å². The summed E-state index contributed by atoms with van der Waals surface area (Å²) in [6.07, 6.45) is -6.96. The third kappa shape index (κ3) is 4.20. The molecule has 2 aromatic rings. The average Bonchev–Trinajstić information content (AvgIpc) is 2.73. The minimum atomic E-state index is -1.41. The highest BCUT2D eigenvalue weighted by atomic mass is 16.7. The summed E-state index contributed by atoms with van der Waals surface area (Å²) in [5.74, 6) is 0.726. The summed E-state index contributed by atoms with van der Waals surface area (Å²) in [4.78, 5) is 0. The predicted octanol–water partition coefficient (Wildman–Crippen LogP) is 1.29. The Labute approximate surface area is 163 Å². The molecule has 0 bridgehead atoms. The van der Waals surface area contributed by atoms with E-state index < -0.39 is 36.8 Å². The topological polar surface area (TPSA) is 109 Å². The molecule has 6 atom stereocenters. The van der Waals surface area contributed by atoms with Gasteiger partial charge in [0, 0.05) is 7.11 Å². The molecular weight excluding hydrogens is 364 g/mol. The zero-order chi connectivity index (χ0) is 20.3. The normalized spacial score (nSPS) is 28.7. The lowest BCUT2D eigenvalue weighted by Gasteiger charge is -2.40. The maximum atomic E-state index is 10.7. The van der Waals surface area contributed by atoms with E-state index in [1.165, 1.54) is 7.11 Å². The zero-order valence-electron chi connectivity index (χ0n) is 15.8. The first-order chi connectivity index (χ1) is 13.5. The Morgan fingerprint density at radius 3 is 2.32 bits per heavy atom. The lowest BCUT2D eigenvalue weighted by Crippen LogP contribution is -2.54. The van der Waals surface area contributed by atoms with Crippen molar-refractivity contribution in [2.45, 2.75) is 43.7 Å². The van der Waals surface area contributed by atoms with Crippen LogP contribution in [0.5, 0.6) is 5.75 Å². The Balaban J connectivity index is 1.83. The van der Waals surface area contributed by atoms with Crippen LogP contribution in [-0.2, 0) is 9.47 Å². The summed E-state index contributed by atoms with van der Waals surface area (Å²) in [7, 11) is 1.35. The fourth-order valence-electron chi connectivity index (χ4n) is 3.33. The van der Waals surface area contributed by atoms with Crippen molar-refractivity contribution in [1.29, 1.82) is 0 Å². The Morgan fingerprint density at radius 2 is 1.68 bits per heavy atom. The highest BCUT2D eigenvalue weighted by Crippen LogP contribution is 2.34. The molecule has 0 aromatic heterocycles. The fourth-order valence-corrected chi connectivity index (χ4v) is 3.33. The highest BCUT2D eigenvalue weighted by Gasteiger charge is 2.44. The van der Waals surface area contributed by atoms with Gasteiger partial charge in [-0.25, -0.2) is 0 Å². The lowest BCUT2D eigenvalue weighted by atomic mass is 9.91. The molecular formula is C21H26O7. The minimum Gasteiger partial charge on any atom is -0.494 e. The molecule has 1 aliphatic rings. The van der Waals surface area contributed by atoms with E-state index in [9.17, 15) is 20.4 Å². The molecule has 7 nitrogen and oxygen atoms in total. The van der Waals surface area contributed by atoms with Crippen LogP contribution < -0.4 is 4.74 Å².